The number of carbonyl (C=O) groups is 1. The fourth-order valence-corrected chi connectivity index (χ4v) is 1.99. The van der Waals surface area contributed by atoms with Gasteiger partial charge in [-0.2, -0.15) is 5.10 Å². The number of halogens is 1. The lowest BCUT2D eigenvalue weighted by Gasteiger charge is -2.09. The predicted octanol–water partition coefficient (Wildman–Crippen LogP) is 2.07. The third kappa shape index (κ3) is 4.58. The molecular weight excluding hydrogens is 302 g/mol. The van der Waals surface area contributed by atoms with E-state index in [0.717, 1.165) is 5.56 Å². The molecule has 0 heterocycles. The Morgan fingerprint density at radius 1 is 1.27 bits per heavy atom. The summed E-state index contributed by atoms with van der Waals surface area (Å²) in [5.41, 5.74) is 9.77. The highest BCUT2D eigenvalue weighted by Gasteiger charge is 2.13. The van der Waals surface area contributed by atoms with Gasteiger partial charge in [0.25, 0.3) is 5.91 Å². The smallest absolute Gasteiger partial charge is 0.257 e. The Morgan fingerprint density at radius 3 is 2.64 bits per heavy atom. The monoisotopic (exact) mass is 317 g/mol. The largest absolute Gasteiger partial charge is 0.508 e. The molecule has 0 saturated carbocycles. The quantitative estimate of drug-likeness (QED) is 0.582. The van der Waals surface area contributed by atoms with E-state index in [4.69, 9.17) is 17.3 Å². The standard InChI is InChI=1S/C16H16ClN3O2/c17-14-4-2-1-3-12(14)10-19-20-16(22)15(18)9-11-5-7-13(21)8-6-11/h1-8,10,15,21H,9,18H2,(H,20,22)/b19-10+. The number of phenolic OH excluding ortho intramolecular Hbond substituents is 1. The minimum absolute atomic E-state index is 0.172. The fraction of sp³-hybridized carbons (Fsp3) is 0.125. The number of hydrogen-bond acceptors (Lipinski definition) is 4. The molecule has 0 saturated heterocycles. The molecule has 1 unspecified atom stereocenters. The van der Waals surface area contributed by atoms with Crippen LogP contribution >= 0.6 is 11.6 Å². The van der Waals surface area contributed by atoms with Crippen LogP contribution in [0.5, 0.6) is 5.75 Å². The van der Waals surface area contributed by atoms with Gasteiger partial charge in [-0.3, -0.25) is 4.79 Å². The summed E-state index contributed by atoms with van der Waals surface area (Å²) in [5.74, 6) is -0.220. The molecule has 0 fully saturated rings. The molecule has 2 aromatic carbocycles. The van der Waals surface area contributed by atoms with Crippen molar-refractivity contribution in [1.29, 1.82) is 0 Å². The van der Waals surface area contributed by atoms with Crippen LogP contribution in [-0.4, -0.2) is 23.3 Å². The number of hydrazone groups is 1. The first-order chi connectivity index (χ1) is 10.6. The highest BCUT2D eigenvalue weighted by molar-refractivity contribution is 6.33. The lowest BCUT2D eigenvalue weighted by molar-refractivity contribution is -0.122. The van der Waals surface area contributed by atoms with Crippen LogP contribution in [0.4, 0.5) is 0 Å². The van der Waals surface area contributed by atoms with Crippen LogP contribution < -0.4 is 11.2 Å². The molecule has 0 aliphatic heterocycles. The number of phenols is 1. The molecule has 2 rings (SSSR count). The van der Waals surface area contributed by atoms with Gasteiger partial charge >= 0.3 is 0 Å². The van der Waals surface area contributed by atoms with Crippen molar-refractivity contribution in [2.45, 2.75) is 12.5 Å². The van der Waals surface area contributed by atoms with Gasteiger partial charge in [0, 0.05) is 10.6 Å². The third-order valence-electron chi connectivity index (χ3n) is 3.01. The lowest BCUT2D eigenvalue weighted by Crippen LogP contribution is -2.39. The van der Waals surface area contributed by atoms with Gasteiger partial charge < -0.3 is 10.8 Å². The van der Waals surface area contributed by atoms with E-state index in [-0.39, 0.29) is 5.75 Å². The van der Waals surface area contributed by atoms with E-state index in [1.807, 2.05) is 12.1 Å². The van der Waals surface area contributed by atoms with Crippen molar-refractivity contribution in [3.8, 4) is 5.75 Å². The number of nitrogens with two attached hydrogens (primary N) is 1. The number of amides is 1. The zero-order valence-corrected chi connectivity index (χ0v) is 12.5. The summed E-state index contributed by atoms with van der Waals surface area (Å²) in [5, 5.41) is 13.6. The first-order valence-corrected chi connectivity index (χ1v) is 7.05. The topological polar surface area (TPSA) is 87.7 Å². The third-order valence-corrected chi connectivity index (χ3v) is 3.36. The average molecular weight is 318 g/mol. The molecule has 22 heavy (non-hydrogen) atoms. The maximum absolute atomic E-state index is 11.9. The summed E-state index contributed by atoms with van der Waals surface area (Å²) in [6.07, 6.45) is 1.82. The summed E-state index contributed by atoms with van der Waals surface area (Å²) < 4.78 is 0. The molecule has 0 aliphatic carbocycles. The van der Waals surface area contributed by atoms with E-state index >= 15 is 0 Å². The van der Waals surface area contributed by atoms with Gasteiger partial charge in [0.1, 0.15) is 5.75 Å². The van der Waals surface area contributed by atoms with Gasteiger partial charge in [-0.1, -0.05) is 41.9 Å². The Hall–Kier alpha value is -2.37. The molecule has 1 amide bonds. The molecule has 5 nitrogen and oxygen atoms in total. The van der Waals surface area contributed by atoms with Gasteiger partial charge in [-0.25, -0.2) is 5.43 Å². The first kappa shape index (κ1) is 16.0. The number of hydrogen-bond donors (Lipinski definition) is 3. The number of benzene rings is 2. The van der Waals surface area contributed by atoms with Gasteiger partial charge in [0.2, 0.25) is 0 Å². The van der Waals surface area contributed by atoms with Crippen LogP contribution in [0.25, 0.3) is 0 Å². The fourth-order valence-electron chi connectivity index (χ4n) is 1.81. The minimum atomic E-state index is -0.729. The Bertz CT molecular complexity index is 671. The Kier molecular flexibility index (Phi) is 5.52. The van der Waals surface area contributed by atoms with Crippen molar-refractivity contribution >= 4 is 23.7 Å². The highest BCUT2D eigenvalue weighted by atomic mass is 35.5. The summed E-state index contributed by atoms with van der Waals surface area (Å²) in [4.78, 5) is 11.9. The second kappa shape index (κ2) is 7.59. The molecule has 114 valence electrons. The average Bonchev–Trinajstić information content (AvgIpc) is 2.51. The van der Waals surface area contributed by atoms with E-state index in [0.29, 0.717) is 17.0 Å². The van der Waals surface area contributed by atoms with E-state index in [2.05, 4.69) is 10.5 Å². The maximum atomic E-state index is 11.9. The van der Waals surface area contributed by atoms with E-state index in [1.165, 1.54) is 6.21 Å². The van der Waals surface area contributed by atoms with Gasteiger partial charge in [0.05, 0.1) is 12.3 Å². The lowest BCUT2D eigenvalue weighted by atomic mass is 10.1. The molecule has 1 atom stereocenters. The molecular formula is C16H16ClN3O2. The normalized spacial score (nSPS) is 12.3. The van der Waals surface area contributed by atoms with Gasteiger partial charge in [-0.15, -0.1) is 0 Å². The molecule has 0 aliphatic rings. The second-order valence-electron chi connectivity index (χ2n) is 4.73. The molecule has 0 bridgehead atoms. The highest BCUT2D eigenvalue weighted by Crippen LogP contribution is 2.12. The summed E-state index contributed by atoms with van der Waals surface area (Å²) >= 11 is 5.97. The molecule has 6 heteroatoms. The Morgan fingerprint density at radius 2 is 1.95 bits per heavy atom. The molecule has 0 radical (unpaired) electrons. The second-order valence-corrected chi connectivity index (χ2v) is 5.14. The molecule has 0 spiro atoms. The van der Waals surface area contributed by atoms with Crippen LogP contribution in [0, 0.1) is 0 Å². The van der Waals surface area contributed by atoms with E-state index in [9.17, 15) is 9.90 Å². The van der Waals surface area contributed by atoms with Crippen molar-refractivity contribution < 1.29 is 9.90 Å². The van der Waals surface area contributed by atoms with Crippen LogP contribution in [0.15, 0.2) is 53.6 Å². The Balaban J connectivity index is 1.89. The Labute approximate surface area is 133 Å². The first-order valence-electron chi connectivity index (χ1n) is 6.67. The predicted molar refractivity (Wildman–Crippen MR) is 87.0 cm³/mol. The van der Waals surface area contributed by atoms with Crippen LogP contribution in [-0.2, 0) is 11.2 Å². The van der Waals surface area contributed by atoms with Gasteiger partial charge in [0.15, 0.2) is 0 Å². The number of aromatic hydroxyl groups is 1. The van der Waals surface area contributed by atoms with Crippen LogP contribution in [0.2, 0.25) is 5.02 Å². The molecule has 0 aromatic heterocycles. The van der Waals surface area contributed by atoms with Crippen molar-refractivity contribution in [2.24, 2.45) is 10.8 Å². The number of nitrogens with zero attached hydrogens (tertiary/aromatic N) is 1. The molecule has 2 aromatic rings. The summed E-state index contributed by atoms with van der Waals surface area (Å²) in [6.45, 7) is 0. The number of carbonyl (C=O) groups excluding carboxylic acids is 1. The van der Waals surface area contributed by atoms with Gasteiger partial charge in [-0.05, 0) is 30.2 Å². The van der Waals surface area contributed by atoms with E-state index < -0.39 is 11.9 Å². The SMILES string of the molecule is NC(Cc1ccc(O)cc1)C(=O)N/N=C/c1ccccc1Cl. The summed E-state index contributed by atoms with van der Waals surface area (Å²) in [7, 11) is 0. The number of rotatable bonds is 5. The van der Waals surface area contributed by atoms with Crippen molar-refractivity contribution in [2.75, 3.05) is 0 Å². The minimum Gasteiger partial charge on any atom is -0.508 e. The number of nitrogens with one attached hydrogen (secondary N) is 1. The van der Waals surface area contributed by atoms with Crippen LogP contribution in [0.1, 0.15) is 11.1 Å². The van der Waals surface area contributed by atoms with Crippen molar-refractivity contribution in [3.05, 3.63) is 64.7 Å². The van der Waals surface area contributed by atoms with Crippen molar-refractivity contribution in [3.63, 3.8) is 0 Å². The zero-order valence-electron chi connectivity index (χ0n) is 11.7. The van der Waals surface area contributed by atoms with Crippen LogP contribution in [0.3, 0.4) is 0 Å². The van der Waals surface area contributed by atoms with E-state index in [1.54, 1.807) is 36.4 Å². The zero-order chi connectivity index (χ0) is 15.9. The maximum Gasteiger partial charge on any atom is 0.257 e. The molecule has 4 N–H and O–H groups in total. The summed E-state index contributed by atoms with van der Waals surface area (Å²) in [6, 6.07) is 13.0. The van der Waals surface area contributed by atoms with Crippen molar-refractivity contribution in [1.82, 2.24) is 5.43 Å².